The van der Waals surface area contributed by atoms with Gasteiger partial charge in [0.1, 0.15) is 0 Å². The highest BCUT2D eigenvalue weighted by atomic mass is 35.5. The molecule has 2 unspecified atom stereocenters. The molecule has 3 amide bonds. The van der Waals surface area contributed by atoms with Crippen LogP contribution in [0.5, 0.6) is 0 Å². The second-order valence-corrected chi connectivity index (χ2v) is 7.12. The number of thioether (sulfide) groups is 1. The summed E-state index contributed by atoms with van der Waals surface area (Å²) >= 11 is 6.87. The number of halogens is 1. The van der Waals surface area contributed by atoms with Crippen molar-refractivity contribution in [3.63, 3.8) is 0 Å². The van der Waals surface area contributed by atoms with Crippen molar-refractivity contribution in [1.82, 2.24) is 10.2 Å². The molecule has 1 saturated heterocycles. The molecular formula is C16H17ClN2O3S. The normalized spacial score (nSPS) is 24.8. The van der Waals surface area contributed by atoms with Gasteiger partial charge in [-0.15, -0.1) is 0 Å². The Labute approximate surface area is 143 Å². The number of carbonyl (C=O) groups excluding carboxylic acids is 3. The summed E-state index contributed by atoms with van der Waals surface area (Å²) in [6.07, 6.45) is 3.44. The van der Waals surface area contributed by atoms with E-state index in [1.165, 1.54) is 4.90 Å². The van der Waals surface area contributed by atoms with Crippen LogP contribution in [0.2, 0.25) is 5.02 Å². The molecule has 122 valence electrons. The van der Waals surface area contributed by atoms with Crippen molar-refractivity contribution in [2.45, 2.75) is 37.8 Å². The van der Waals surface area contributed by atoms with Crippen LogP contribution in [0.3, 0.4) is 0 Å². The van der Waals surface area contributed by atoms with E-state index >= 15 is 0 Å². The van der Waals surface area contributed by atoms with E-state index in [0.29, 0.717) is 10.6 Å². The summed E-state index contributed by atoms with van der Waals surface area (Å²) in [4.78, 5) is 37.7. The molecule has 2 aliphatic rings. The summed E-state index contributed by atoms with van der Waals surface area (Å²) in [5.41, 5.74) is 0.521. The fraction of sp³-hybridized carbons (Fsp3) is 0.438. The molecule has 1 saturated carbocycles. The molecule has 0 radical (unpaired) electrons. The Morgan fingerprint density at radius 2 is 1.87 bits per heavy atom. The lowest BCUT2D eigenvalue weighted by atomic mass is 9.89. The van der Waals surface area contributed by atoms with E-state index in [0.717, 1.165) is 37.4 Å². The second-order valence-electron chi connectivity index (χ2n) is 5.76. The van der Waals surface area contributed by atoms with Gasteiger partial charge < -0.3 is 5.32 Å². The predicted molar refractivity (Wildman–Crippen MR) is 89.7 cm³/mol. The average molecular weight is 353 g/mol. The summed E-state index contributed by atoms with van der Waals surface area (Å²) in [6, 6.07) is 6.22. The van der Waals surface area contributed by atoms with Gasteiger partial charge in [0, 0.05) is 10.6 Å². The molecule has 1 aliphatic heterocycles. The van der Waals surface area contributed by atoms with Gasteiger partial charge >= 0.3 is 0 Å². The van der Waals surface area contributed by atoms with Crippen molar-refractivity contribution < 1.29 is 14.4 Å². The fourth-order valence-electron chi connectivity index (χ4n) is 3.13. The lowest BCUT2D eigenvalue weighted by Gasteiger charge is -2.36. The Balaban J connectivity index is 1.74. The quantitative estimate of drug-likeness (QED) is 0.907. The Hall–Kier alpha value is -1.53. The third-order valence-electron chi connectivity index (χ3n) is 4.27. The van der Waals surface area contributed by atoms with E-state index < -0.39 is 0 Å². The number of benzene rings is 1. The molecule has 5 nitrogen and oxygen atoms in total. The smallest absolute Gasteiger partial charge is 0.289 e. The van der Waals surface area contributed by atoms with Crippen molar-refractivity contribution in [3.8, 4) is 0 Å². The first-order valence-corrected chi connectivity index (χ1v) is 8.98. The van der Waals surface area contributed by atoms with E-state index in [2.05, 4.69) is 5.32 Å². The molecule has 1 N–H and O–H groups in total. The third kappa shape index (κ3) is 3.53. The van der Waals surface area contributed by atoms with Crippen molar-refractivity contribution >= 4 is 40.4 Å². The average Bonchev–Trinajstić information content (AvgIpc) is 2.87. The number of hydrogen-bond donors (Lipinski definition) is 1. The number of imide groups is 1. The molecule has 1 heterocycles. The Kier molecular flexibility index (Phi) is 4.92. The highest BCUT2D eigenvalue weighted by Crippen LogP contribution is 2.30. The molecule has 1 aliphatic carbocycles. The third-order valence-corrected chi connectivity index (χ3v) is 5.36. The predicted octanol–water partition coefficient (Wildman–Crippen LogP) is 3.08. The van der Waals surface area contributed by atoms with Gasteiger partial charge in [0.25, 0.3) is 11.1 Å². The van der Waals surface area contributed by atoms with Crippen molar-refractivity contribution in [1.29, 1.82) is 0 Å². The van der Waals surface area contributed by atoms with E-state index in [1.807, 2.05) is 0 Å². The number of nitrogens with one attached hydrogen (secondary N) is 1. The number of carbonyl (C=O) groups is 3. The topological polar surface area (TPSA) is 66.5 Å². The van der Waals surface area contributed by atoms with Crippen LogP contribution < -0.4 is 5.32 Å². The molecule has 7 heteroatoms. The summed E-state index contributed by atoms with van der Waals surface area (Å²) in [5, 5.41) is 3.36. The first-order chi connectivity index (χ1) is 11.1. The largest absolute Gasteiger partial charge is 0.347 e. The van der Waals surface area contributed by atoms with Gasteiger partial charge in [-0.2, -0.15) is 0 Å². The number of amides is 3. The van der Waals surface area contributed by atoms with Crippen molar-refractivity contribution in [2.24, 2.45) is 0 Å². The summed E-state index contributed by atoms with van der Waals surface area (Å²) < 4.78 is 0. The van der Waals surface area contributed by atoms with E-state index in [-0.39, 0.29) is 34.9 Å². The molecule has 3 rings (SSSR count). The molecule has 1 aromatic rings. The van der Waals surface area contributed by atoms with Gasteiger partial charge in [-0.05, 0) is 37.1 Å². The van der Waals surface area contributed by atoms with Crippen LogP contribution >= 0.6 is 23.4 Å². The zero-order valence-electron chi connectivity index (χ0n) is 12.5. The van der Waals surface area contributed by atoms with Crippen molar-refractivity contribution in [3.05, 3.63) is 34.9 Å². The van der Waals surface area contributed by atoms with E-state index in [9.17, 15) is 14.4 Å². The maximum absolute atomic E-state index is 12.4. The highest BCUT2D eigenvalue weighted by Gasteiger charge is 2.41. The summed E-state index contributed by atoms with van der Waals surface area (Å²) in [6.45, 7) is 0. The standard InChI is InChI=1S/C16H17ClN2O3S/c17-11-7-5-10(6-8-11)15(21)18-12-3-1-2-4-13(12)19-14(20)9-23-16(19)22/h5-8,12-13H,1-4,9H2,(H,18,21). The zero-order valence-corrected chi connectivity index (χ0v) is 14.0. The Bertz CT molecular complexity index is 619. The van der Waals surface area contributed by atoms with E-state index in [4.69, 9.17) is 11.6 Å². The monoisotopic (exact) mass is 352 g/mol. The molecule has 1 aromatic carbocycles. The number of hydrogen-bond acceptors (Lipinski definition) is 4. The van der Waals surface area contributed by atoms with Gasteiger partial charge in [0.2, 0.25) is 5.91 Å². The SMILES string of the molecule is O=C(NC1CCCCC1N1C(=O)CSC1=O)c1ccc(Cl)cc1. The molecule has 2 atom stereocenters. The molecule has 0 spiro atoms. The van der Waals surface area contributed by atoms with Crippen LogP contribution in [0.4, 0.5) is 4.79 Å². The van der Waals surface area contributed by atoms with Gasteiger partial charge in [-0.1, -0.05) is 36.2 Å². The molecule has 0 aromatic heterocycles. The first-order valence-electron chi connectivity index (χ1n) is 7.61. The maximum atomic E-state index is 12.4. The van der Waals surface area contributed by atoms with E-state index in [1.54, 1.807) is 24.3 Å². The molecule has 2 fully saturated rings. The first kappa shape index (κ1) is 16.3. The molecule has 0 bridgehead atoms. The van der Waals surface area contributed by atoms with Crippen LogP contribution in [-0.2, 0) is 4.79 Å². The lowest BCUT2D eigenvalue weighted by Crippen LogP contribution is -2.54. The van der Waals surface area contributed by atoms with Gasteiger partial charge in [-0.3, -0.25) is 19.3 Å². The lowest BCUT2D eigenvalue weighted by molar-refractivity contribution is -0.127. The number of nitrogens with zero attached hydrogens (tertiary/aromatic N) is 1. The Morgan fingerprint density at radius 3 is 2.52 bits per heavy atom. The minimum Gasteiger partial charge on any atom is -0.347 e. The van der Waals surface area contributed by atoms with Gasteiger partial charge in [0.15, 0.2) is 0 Å². The molecular weight excluding hydrogens is 336 g/mol. The fourth-order valence-corrected chi connectivity index (χ4v) is 4.01. The maximum Gasteiger partial charge on any atom is 0.289 e. The van der Waals surface area contributed by atoms with Crippen LogP contribution in [0.1, 0.15) is 36.0 Å². The van der Waals surface area contributed by atoms with Gasteiger partial charge in [-0.25, -0.2) is 0 Å². The minimum atomic E-state index is -0.241. The van der Waals surface area contributed by atoms with Gasteiger partial charge in [0.05, 0.1) is 17.8 Å². The number of rotatable bonds is 3. The highest BCUT2D eigenvalue weighted by molar-refractivity contribution is 8.14. The summed E-state index contributed by atoms with van der Waals surface area (Å²) in [7, 11) is 0. The summed E-state index contributed by atoms with van der Waals surface area (Å²) in [5.74, 6) is -0.157. The van der Waals surface area contributed by atoms with Crippen LogP contribution in [0.15, 0.2) is 24.3 Å². The Morgan fingerprint density at radius 1 is 1.17 bits per heavy atom. The second kappa shape index (κ2) is 6.93. The van der Waals surface area contributed by atoms with Crippen LogP contribution in [0, 0.1) is 0 Å². The zero-order chi connectivity index (χ0) is 16.4. The minimum absolute atomic E-state index is 0.155. The molecule has 23 heavy (non-hydrogen) atoms. The van der Waals surface area contributed by atoms with Crippen LogP contribution in [-0.4, -0.2) is 39.8 Å². The van der Waals surface area contributed by atoms with Crippen molar-refractivity contribution in [2.75, 3.05) is 5.75 Å². The van der Waals surface area contributed by atoms with Crippen LogP contribution in [0.25, 0.3) is 0 Å².